The van der Waals surface area contributed by atoms with E-state index in [1.54, 1.807) is 0 Å². The number of halogens is 2. The summed E-state index contributed by atoms with van der Waals surface area (Å²) in [4.78, 5) is 0. The summed E-state index contributed by atoms with van der Waals surface area (Å²) >= 11 is 5.85. The number of aromatic amines is 1. The number of hydrogen-bond acceptors (Lipinski definition) is 2. The third-order valence-electron chi connectivity index (χ3n) is 2.09. The van der Waals surface area contributed by atoms with Crippen LogP contribution in [0.1, 0.15) is 17.2 Å². The molecule has 2 aromatic rings. The van der Waals surface area contributed by atoms with Crippen molar-refractivity contribution in [2.45, 2.75) is 6.10 Å². The molecule has 1 heterocycles. The average Bonchev–Trinajstić information content (AvgIpc) is 2.74. The van der Waals surface area contributed by atoms with Crippen LogP contribution < -0.4 is 0 Å². The second kappa shape index (κ2) is 4.00. The molecule has 78 valence electrons. The lowest BCUT2D eigenvalue weighted by molar-refractivity contribution is 0.220. The fourth-order valence-electron chi connectivity index (χ4n) is 1.31. The van der Waals surface area contributed by atoms with E-state index in [9.17, 15) is 9.50 Å². The summed E-state index contributed by atoms with van der Waals surface area (Å²) in [6, 6.07) is 3.86. The SMILES string of the molecule is OC(c1cn[nH]c1)c1cc(F)ccc1Cl. The molecule has 1 aromatic heterocycles. The minimum Gasteiger partial charge on any atom is -0.383 e. The molecule has 0 saturated heterocycles. The lowest BCUT2D eigenvalue weighted by Gasteiger charge is -2.10. The summed E-state index contributed by atoms with van der Waals surface area (Å²) in [5, 5.41) is 16.5. The van der Waals surface area contributed by atoms with Crippen molar-refractivity contribution in [1.82, 2.24) is 10.2 Å². The Kier molecular flexibility index (Phi) is 2.70. The number of hydrogen-bond donors (Lipinski definition) is 2. The molecule has 2 rings (SSSR count). The Labute approximate surface area is 90.5 Å². The van der Waals surface area contributed by atoms with Crippen LogP contribution in [0.15, 0.2) is 30.6 Å². The molecule has 15 heavy (non-hydrogen) atoms. The molecule has 0 spiro atoms. The van der Waals surface area contributed by atoms with Gasteiger partial charge in [-0.15, -0.1) is 0 Å². The number of nitrogens with one attached hydrogen (secondary N) is 1. The molecule has 3 nitrogen and oxygen atoms in total. The van der Waals surface area contributed by atoms with Gasteiger partial charge in [0.1, 0.15) is 11.9 Å². The second-order valence-electron chi connectivity index (χ2n) is 3.10. The standard InChI is InChI=1S/C10H8ClFN2O/c11-9-2-1-7(12)3-8(9)10(15)6-4-13-14-5-6/h1-5,10,15H,(H,13,14). The van der Waals surface area contributed by atoms with Crippen molar-refractivity contribution in [3.63, 3.8) is 0 Å². The van der Waals surface area contributed by atoms with Gasteiger partial charge in [-0.05, 0) is 18.2 Å². The lowest BCUT2D eigenvalue weighted by Crippen LogP contribution is -1.99. The van der Waals surface area contributed by atoms with E-state index in [-0.39, 0.29) is 0 Å². The van der Waals surface area contributed by atoms with Crippen LogP contribution in [0.2, 0.25) is 5.02 Å². The fourth-order valence-corrected chi connectivity index (χ4v) is 1.54. The first kappa shape index (κ1) is 10.1. The predicted molar refractivity (Wildman–Crippen MR) is 54.1 cm³/mol. The van der Waals surface area contributed by atoms with Crippen LogP contribution in [0.4, 0.5) is 4.39 Å². The van der Waals surface area contributed by atoms with E-state index in [0.29, 0.717) is 16.1 Å². The highest BCUT2D eigenvalue weighted by Gasteiger charge is 2.15. The highest BCUT2D eigenvalue weighted by molar-refractivity contribution is 6.31. The number of aliphatic hydroxyl groups excluding tert-OH is 1. The molecule has 0 radical (unpaired) electrons. The summed E-state index contributed by atoms with van der Waals surface area (Å²) in [5.74, 6) is -0.433. The Morgan fingerprint density at radius 3 is 2.93 bits per heavy atom. The van der Waals surface area contributed by atoms with Crippen LogP contribution in [0, 0.1) is 5.82 Å². The zero-order valence-electron chi connectivity index (χ0n) is 7.61. The van der Waals surface area contributed by atoms with Crippen molar-refractivity contribution in [3.8, 4) is 0 Å². The minimum absolute atomic E-state index is 0.324. The van der Waals surface area contributed by atoms with Gasteiger partial charge in [-0.3, -0.25) is 5.10 Å². The molecule has 0 aliphatic heterocycles. The third-order valence-corrected chi connectivity index (χ3v) is 2.43. The van der Waals surface area contributed by atoms with E-state index in [1.165, 1.54) is 30.6 Å². The number of aromatic nitrogens is 2. The van der Waals surface area contributed by atoms with E-state index >= 15 is 0 Å². The van der Waals surface area contributed by atoms with E-state index < -0.39 is 11.9 Å². The maximum Gasteiger partial charge on any atom is 0.123 e. The molecule has 0 fully saturated rings. The number of benzene rings is 1. The third kappa shape index (κ3) is 2.00. The van der Waals surface area contributed by atoms with Crippen molar-refractivity contribution in [2.24, 2.45) is 0 Å². The van der Waals surface area contributed by atoms with Crippen LogP contribution in [0.3, 0.4) is 0 Å². The Bertz CT molecular complexity index is 458. The van der Waals surface area contributed by atoms with E-state index in [2.05, 4.69) is 10.2 Å². The van der Waals surface area contributed by atoms with Gasteiger partial charge in [-0.2, -0.15) is 5.10 Å². The summed E-state index contributed by atoms with van der Waals surface area (Å²) in [5.41, 5.74) is 0.876. The molecule has 0 aliphatic carbocycles. The zero-order chi connectivity index (χ0) is 10.8. The van der Waals surface area contributed by atoms with Gasteiger partial charge >= 0.3 is 0 Å². The average molecular weight is 227 g/mol. The van der Waals surface area contributed by atoms with E-state index in [4.69, 9.17) is 11.6 Å². The van der Waals surface area contributed by atoms with Gasteiger partial charge in [0.2, 0.25) is 0 Å². The predicted octanol–water partition coefficient (Wildman–Crippen LogP) is 2.28. The second-order valence-corrected chi connectivity index (χ2v) is 3.51. The normalized spacial score (nSPS) is 12.7. The smallest absolute Gasteiger partial charge is 0.123 e. The minimum atomic E-state index is -0.966. The monoisotopic (exact) mass is 226 g/mol. The molecule has 1 atom stereocenters. The van der Waals surface area contributed by atoms with Gasteiger partial charge in [0.25, 0.3) is 0 Å². The van der Waals surface area contributed by atoms with Gasteiger partial charge in [0.15, 0.2) is 0 Å². The van der Waals surface area contributed by atoms with Gasteiger partial charge in [-0.25, -0.2) is 4.39 Å². The maximum absolute atomic E-state index is 13.0. The number of H-pyrrole nitrogens is 1. The van der Waals surface area contributed by atoms with E-state index in [1.807, 2.05) is 0 Å². The van der Waals surface area contributed by atoms with E-state index in [0.717, 1.165) is 0 Å². The highest BCUT2D eigenvalue weighted by atomic mass is 35.5. The lowest BCUT2D eigenvalue weighted by atomic mass is 10.0. The summed E-state index contributed by atoms with van der Waals surface area (Å²) < 4.78 is 13.0. The Morgan fingerprint density at radius 2 is 2.27 bits per heavy atom. The number of nitrogens with zero attached hydrogens (tertiary/aromatic N) is 1. The topological polar surface area (TPSA) is 48.9 Å². The van der Waals surface area contributed by atoms with Crippen LogP contribution in [0.5, 0.6) is 0 Å². The molecule has 2 N–H and O–H groups in total. The van der Waals surface area contributed by atoms with Crippen molar-refractivity contribution >= 4 is 11.6 Å². The zero-order valence-corrected chi connectivity index (χ0v) is 8.37. The molecule has 0 amide bonds. The first-order valence-corrected chi connectivity index (χ1v) is 4.68. The Hall–Kier alpha value is -1.39. The van der Waals surface area contributed by atoms with Gasteiger partial charge < -0.3 is 5.11 Å². The highest BCUT2D eigenvalue weighted by Crippen LogP contribution is 2.28. The maximum atomic E-state index is 13.0. The molecule has 0 aliphatic rings. The summed E-state index contributed by atoms with van der Waals surface area (Å²) in [6.45, 7) is 0. The van der Waals surface area contributed by atoms with Crippen LogP contribution >= 0.6 is 11.6 Å². The summed E-state index contributed by atoms with van der Waals surface area (Å²) in [6.07, 6.45) is 2.03. The molecular weight excluding hydrogens is 219 g/mol. The molecule has 1 aromatic carbocycles. The van der Waals surface area contributed by atoms with Crippen molar-refractivity contribution in [1.29, 1.82) is 0 Å². The first-order chi connectivity index (χ1) is 7.18. The van der Waals surface area contributed by atoms with Crippen molar-refractivity contribution in [2.75, 3.05) is 0 Å². The fraction of sp³-hybridized carbons (Fsp3) is 0.100. The van der Waals surface area contributed by atoms with Gasteiger partial charge in [-0.1, -0.05) is 11.6 Å². The molecule has 0 saturated carbocycles. The van der Waals surface area contributed by atoms with Crippen LogP contribution in [-0.2, 0) is 0 Å². The van der Waals surface area contributed by atoms with Crippen LogP contribution in [-0.4, -0.2) is 15.3 Å². The Balaban J connectivity index is 2.41. The first-order valence-electron chi connectivity index (χ1n) is 4.30. The van der Waals surface area contributed by atoms with Crippen molar-refractivity contribution in [3.05, 3.63) is 52.6 Å². The quantitative estimate of drug-likeness (QED) is 0.826. The number of rotatable bonds is 2. The molecular formula is C10H8ClFN2O. The largest absolute Gasteiger partial charge is 0.383 e. The van der Waals surface area contributed by atoms with Crippen LogP contribution in [0.25, 0.3) is 0 Å². The number of aliphatic hydroxyl groups is 1. The van der Waals surface area contributed by atoms with Gasteiger partial charge in [0.05, 0.1) is 6.20 Å². The van der Waals surface area contributed by atoms with Crippen molar-refractivity contribution < 1.29 is 9.50 Å². The molecule has 0 bridgehead atoms. The molecule has 1 unspecified atom stereocenters. The summed E-state index contributed by atoms with van der Waals surface area (Å²) in [7, 11) is 0. The van der Waals surface area contributed by atoms with Gasteiger partial charge in [0, 0.05) is 22.3 Å². The Morgan fingerprint density at radius 1 is 1.47 bits per heavy atom. The molecule has 5 heteroatoms.